The van der Waals surface area contributed by atoms with E-state index in [-0.39, 0.29) is 11.8 Å². The van der Waals surface area contributed by atoms with Crippen molar-refractivity contribution in [3.05, 3.63) is 82.9 Å². The van der Waals surface area contributed by atoms with Gasteiger partial charge in [0.2, 0.25) is 5.91 Å². The molecule has 1 aromatic heterocycles. The zero-order valence-corrected chi connectivity index (χ0v) is 13.3. The number of thiazole rings is 1. The molecule has 2 aromatic carbocycles. The first-order valence-corrected chi connectivity index (χ1v) is 8.19. The van der Waals surface area contributed by atoms with Crippen LogP contribution in [0.15, 0.2) is 66.0 Å². The average Bonchev–Trinajstić information content (AvgIpc) is 3.01. The third-order valence-corrected chi connectivity index (χ3v) is 4.26. The highest BCUT2D eigenvalue weighted by atomic mass is 32.1. The number of hydrogen-bond acceptors (Lipinski definition) is 4. The highest BCUT2D eigenvalue weighted by molar-refractivity contribution is 7.13. The summed E-state index contributed by atoms with van der Waals surface area (Å²) in [5, 5.41) is 5.33. The molecule has 0 radical (unpaired) electrons. The molecule has 0 aliphatic carbocycles. The SMILES string of the molecule is Nc1nc(CNC(=O)C(c2ccccc2)c2ccccc2)cs1. The number of amides is 1. The molecule has 3 rings (SSSR count). The summed E-state index contributed by atoms with van der Waals surface area (Å²) in [7, 11) is 0. The highest BCUT2D eigenvalue weighted by Gasteiger charge is 2.22. The van der Waals surface area contributed by atoms with Crippen molar-refractivity contribution in [1.29, 1.82) is 0 Å². The van der Waals surface area contributed by atoms with Crippen LogP contribution >= 0.6 is 11.3 Å². The second-order valence-corrected chi connectivity index (χ2v) is 6.04. The molecule has 116 valence electrons. The number of nitrogens with two attached hydrogens (primary N) is 1. The number of nitrogens with one attached hydrogen (secondary N) is 1. The molecule has 0 atom stereocenters. The van der Waals surface area contributed by atoms with E-state index in [9.17, 15) is 4.79 Å². The predicted octanol–water partition coefficient (Wildman–Crippen LogP) is 3.17. The molecular formula is C18H17N3OS. The molecule has 0 saturated heterocycles. The number of carbonyl (C=O) groups is 1. The summed E-state index contributed by atoms with van der Waals surface area (Å²) in [6.45, 7) is 0.378. The topological polar surface area (TPSA) is 68.0 Å². The molecule has 0 fully saturated rings. The molecule has 4 nitrogen and oxygen atoms in total. The normalized spacial score (nSPS) is 10.7. The van der Waals surface area contributed by atoms with Crippen LogP contribution in [-0.4, -0.2) is 10.9 Å². The Labute approximate surface area is 139 Å². The van der Waals surface area contributed by atoms with Crippen LogP contribution in [0.3, 0.4) is 0 Å². The molecule has 0 aliphatic rings. The van der Waals surface area contributed by atoms with Gasteiger partial charge in [-0.3, -0.25) is 4.79 Å². The van der Waals surface area contributed by atoms with Gasteiger partial charge in [-0.1, -0.05) is 60.7 Å². The zero-order valence-electron chi connectivity index (χ0n) is 12.5. The summed E-state index contributed by atoms with van der Waals surface area (Å²) in [5.74, 6) is -0.387. The molecule has 5 heteroatoms. The van der Waals surface area contributed by atoms with Gasteiger partial charge in [0.05, 0.1) is 18.2 Å². The Kier molecular flexibility index (Phi) is 4.68. The van der Waals surface area contributed by atoms with Gasteiger partial charge in [-0.25, -0.2) is 4.98 Å². The van der Waals surface area contributed by atoms with E-state index in [1.807, 2.05) is 66.0 Å². The van der Waals surface area contributed by atoms with Crippen molar-refractivity contribution in [2.45, 2.75) is 12.5 Å². The van der Waals surface area contributed by atoms with E-state index in [1.54, 1.807) is 0 Å². The molecule has 1 heterocycles. The first-order valence-electron chi connectivity index (χ1n) is 7.31. The Bertz CT molecular complexity index is 732. The standard InChI is InChI=1S/C18H17N3OS/c19-18-21-15(12-23-18)11-20-17(22)16(13-7-3-1-4-8-13)14-9-5-2-6-10-14/h1-10,12,16H,11H2,(H2,19,21)(H,20,22). The number of carbonyl (C=O) groups excluding carboxylic acids is 1. The first kappa shape index (κ1) is 15.2. The van der Waals surface area contributed by atoms with E-state index in [1.165, 1.54) is 11.3 Å². The van der Waals surface area contributed by atoms with Gasteiger partial charge in [-0.05, 0) is 11.1 Å². The number of benzene rings is 2. The van der Waals surface area contributed by atoms with Crippen molar-refractivity contribution in [1.82, 2.24) is 10.3 Å². The van der Waals surface area contributed by atoms with E-state index in [2.05, 4.69) is 10.3 Å². The lowest BCUT2D eigenvalue weighted by atomic mass is 9.90. The van der Waals surface area contributed by atoms with Crippen LogP contribution in [0.1, 0.15) is 22.7 Å². The summed E-state index contributed by atoms with van der Waals surface area (Å²) in [6, 6.07) is 19.5. The van der Waals surface area contributed by atoms with Gasteiger partial charge in [0, 0.05) is 5.38 Å². The van der Waals surface area contributed by atoms with Gasteiger partial charge < -0.3 is 11.1 Å². The Balaban J connectivity index is 1.82. The van der Waals surface area contributed by atoms with Gasteiger partial charge in [-0.2, -0.15) is 0 Å². The Morgan fingerprint density at radius 1 is 1.04 bits per heavy atom. The lowest BCUT2D eigenvalue weighted by Crippen LogP contribution is -2.29. The van der Waals surface area contributed by atoms with Crippen molar-refractivity contribution in [2.75, 3.05) is 5.73 Å². The quantitative estimate of drug-likeness (QED) is 0.758. The number of anilines is 1. The van der Waals surface area contributed by atoms with Crippen molar-refractivity contribution in [3.8, 4) is 0 Å². The van der Waals surface area contributed by atoms with Crippen LogP contribution in [0.5, 0.6) is 0 Å². The average molecular weight is 323 g/mol. The third kappa shape index (κ3) is 3.76. The maximum Gasteiger partial charge on any atom is 0.232 e. The smallest absolute Gasteiger partial charge is 0.232 e. The Morgan fingerprint density at radius 3 is 2.09 bits per heavy atom. The molecule has 1 amide bonds. The molecule has 3 aromatic rings. The molecule has 3 N–H and O–H groups in total. The fourth-order valence-corrected chi connectivity index (χ4v) is 3.03. The van der Waals surface area contributed by atoms with Crippen molar-refractivity contribution < 1.29 is 4.79 Å². The van der Waals surface area contributed by atoms with E-state index in [0.29, 0.717) is 11.7 Å². The lowest BCUT2D eigenvalue weighted by molar-refractivity contribution is -0.121. The molecule has 0 unspecified atom stereocenters. The Morgan fingerprint density at radius 2 is 1.61 bits per heavy atom. The summed E-state index contributed by atoms with van der Waals surface area (Å²) >= 11 is 1.37. The molecule has 0 aliphatic heterocycles. The number of rotatable bonds is 5. The van der Waals surface area contributed by atoms with Gasteiger partial charge in [0.25, 0.3) is 0 Å². The number of aromatic nitrogens is 1. The van der Waals surface area contributed by atoms with Crippen molar-refractivity contribution in [2.24, 2.45) is 0 Å². The fraction of sp³-hybridized carbons (Fsp3) is 0.111. The zero-order chi connectivity index (χ0) is 16.1. The molecular weight excluding hydrogens is 306 g/mol. The molecule has 0 spiro atoms. The maximum atomic E-state index is 12.8. The second-order valence-electron chi connectivity index (χ2n) is 5.15. The van der Waals surface area contributed by atoms with Crippen LogP contribution in [0.2, 0.25) is 0 Å². The lowest BCUT2D eigenvalue weighted by Gasteiger charge is -2.17. The summed E-state index contributed by atoms with van der Waals surface area (Å²) < 4.78 is 0. The summed E-state index contributed by atoms with van der Waals surface area (Å²) in [6.07, 6.45) is 0. The van der Waals surface area contributed by atoms with Crippen LogP contribution in [0.4, 0.5) is 5.13 Å². The first-order chi connectivity index (χ1) is 11.2. The predicted molar refractivity (Wildman–Crippen MR) is 93.1 cm³/mol. The largest absolute Gasteiger partial charge is 0.375 e. The van der Waals surface area contributed by atoms with Crippen LogP contribution < -0.4 is 11.1 Å². The van der Waals surface area contributed by atoms with Crippen LogP contribution in [0.25, 0.3) is 0 Å². The minimum absolute atomic E-state index is 0.0472. The molecule has 23 heavy (non-hydrogen) atoms. The minimum Gasteiger partial charge on any atom is -0.375 e. The summed E-state index contributed by atoms with van der Waals surface area (Å²) in [4.78, 5) is 16.9. The van der Waals surface area contributed by atoms with Crippen LogP contribution in [-0.2, 0) is 11.3 Å². The van der Waals surface area contributed by atoms with E-state index in [4.69, 9.17) is 5.73 Å². The van der Waals surface area contributed by atoms with Gasteiger partial charge in [0.1, 0.15) is 0 Å². The van der Waals surface area contributed by atoms with Crippen molar-refractivity contribution in [3.63, 3.8) is 0 Å². The van der Waals surface area contributed by atoms with Gasteiger partial charge in [-0.15, -0.1) is 11.3 Å². The molecule has 0 saturated carbocycles. The van der Waals surface area contributed by atoms with Gasteiger partial charge in [0.15, 0.2) is 5.13 Å². The van der Waals surface area contributed by atoms with E-state index in [0.717, 1.165) is 16.8 Å². The van der Waals surface area contributed by atoms with Gasteiger partial charge >= 0.3 is 0 Å². The van der Waals surface area contributed by atoms with E-state index >= 15 is 0 Å². The number of nitrogen functional groups attached to an aromatic ring is 1. The number of hydrogen-bond donors (Lipinski definition) is 2. The third-order valence-electron chi connectivity index (χ3n) is 3.54. The van der Waals surface area contributed by atoms with Crippen molar-refractivity contribution >= 4 is 22.4 Å². The Hall–Kier alpha value is -2.66. The molecule has 0 bridgehead atoms. The van der Waals surface area contributed by atoms with E-state index < -0.39 is 0 Å². The highest BCUT2D eigenvalue weighted by Crippen LogP contribution is 2.24. The summed E-state index contributed by atoms with van der Waals surface area (Å²) in [5.41, 5.74) is 8.33. The maximum absolute atomic E-state index is 12.8. The van der Waals surface area contributed by atoms with Crippen LogP contribution in [0, 0.1) is 0 Å². The monoisotopic (exact) mass is 323 g/mol. The fourth-order valence-electron chi connectivity index (χ4n) is 2.47. The number of nitrogens with zero attached hydrogens (tertiary/aromatic N) is 1. The minimum atomic E-state index is -0.339. The second kappa shape index (κ2) is 7.07.